The van der Waals surface area contributed by atoms with E-state index in [0.29, 0.717) is 17.4 Å². The number of benzene rings is 1. The Kier molecular flexibility index (Phi) is 3.74. The number of carbonyl (C=O) groups excluding carboxylic acids is 1. The SMILES string of the molecule is CCOc1ccc2nc(NC(=O)c3cc4sccc4n3C)sc2c1. The minimum Gasteiger partial charge on any atom is -0.494 e. The summed E-state index contributed by atoms with van der Waals surface area (Å²) in [6.45, 7) is 2.58. The van der Waals surface area contributed by atoms with Crippen LogP contribution in [0, 0.1) is 0 Å². The van der Waals surface area contributed by atoms with Crippen molar-refractivity contribution in [3.05, 3.63) is 41.4 Å². The van der Waals surface area contributed by atoms with Crippen molar-refractivity contribution in [3.63, 3.8) is 0 Å². The van der Waals surface area contributed by atoms with Gasteiger partial charge in [0.2, 0.25) is 0 Å². The third-order valence-electron chi connectivity index (χ3n) is 3.79. The van der Waals surface area contributed by atoms with Crippen LogP contribution in [0.3, 0.4) is 0 Å². The molecule has 4 aromatic rings. The van der Waals surface area contributed by atoms with Gasteiger partial charge in [0.25, 0.3) is 5.91 Å². The lowest BCUT2D eigenvalue weighted by Gasteiger charge is -2.03. The average Bonchev–Trinajstić information content (AvgIpc) is 3.23. The summed E-state index contributed by atoms with van der Waals surface area (Å²) in [5, 5.41) is 5.52. The minimum atomic E-state index is -0.148. The summed E-state index contributed by atoms with van der Waals surface area (Å²) in [7, 11) is 1.90. The van der Waals surface area contributed by atoms with Crippen molar-refractivity contribution in [3.8, 4) is 5.75 Å². The number of aryl methyl sites for hydroxylation is 1. The Bertz CT molecular complexity index is 1040. The Labute approximate surface area is 146 Å². The van der Waals surface area contributed by atoms with Crippen LogP contribution in [0.2, 0.25) is 0 Å². The van der Waals surface area contributed by atoms with Gasteiger partial charge in [0, 0.05) is 7.05 Å². The van der Waals surface area contributed by atoms with E-state index in [-0.39, 0.29) is 5.91 Å². The van der Waals surface area contributed by atoms with Crippen molar-refractivity contribution in [2.75, 3.05) is 11.9 Å². The zero-order valence-electron chi connectivity index (χ0n) is 13.2. The van der Waals surface area contributed by atoms with E-state index >= 15 is 0 Å². The summed E-state index contributed by atoms with van der Waals surface area (Å²) >= 11 is 3.07. The van der Waals surface area contributed by atoms with E-state index < -0.39 is 0 Å². The average molecular weight is 357 g/mol. The smallest absolute Gasteiger partial charge is 0.274 e. The van der Waals surface area contributed by atoms with Crippen molar-refractivity contribution in [2.45, 2.75) is 6.92 Å². The summed E-state index contributed by atoms with van der Waals surface area (Å²) < 4.78 is 9.50. The molecule has 0 spiro atoms. The number of aromatic nitrogens is 2. The zero-order chi connectivity index (χ0) is 16.7. The third-order valence-corrected chi connectivity index (χ3v) is 5.57. The lowest BCUT2D eigenvalue weighted by molar-refractivity contribution is 0.102. The number of nitrogens with zero attached hydrogens (tertiary/aromatic N) is 2. The second-order valence-electron chi connectivity index (χ2n) is 5.29. The molecule has 1 aromatic carbocycles. The van der Waals surface area contributed by atoms with E-state index in [1.54, 1.807) is 11.3 Å². The van der Waals surface area contributed by atoms with Gasteiger partial charge in [-0.2, -0.15) is 0 Å². The fourth-order valence-electron chi connectivity index (χ4n) is 2.64. The molecule has 0 saturated carbocycles. The van der Waals surface area contributed by atoms with Crippen molar-refractivity contribution < 1.29 is 9.53 Å². The predicted molar refractivity (Wildman–Crippen MR) is 99.5 cm³/mol. The maximum Gasteiger partial charge on any atom is 0.274 e. The molecule has 0 bridgehead atoms. The highest BCUT2D eigenvalue weighted by atomic mass is 32.1. The Balaban J connectivity index is 1.62. The molecule has 0 aliphatic carbocycles. The van der Waals surface area contributed by atoms with Gasteiger partial charge in [-0.05, 0) is 42.6 Å². The van der Waals surface area contributed by atoms with Gasteiger partial charge in [0.1, 0.15) is 11.4 Å². The lowest BCUT2D eigenvalue weighted by atomic mass is 10.3. The largest absolute Gasteiger partial charge is 0.494 e. The first-order chi connectivity index (χ1) is 11.7. The molecule has 0 atom stereocenters. The second-order valence-corrected chi connectivity index (χ2v) is 7.27. The molecule has 7 heteroatoms. The first-order valence-electron chi connectivity index (χ1n) is 7.53. The molecule has 24 heavy (non-hydrogen) atoms. The number of hydrogen-bond donors (Lipinski definition) is 1. The Morgan fingerprint density at radius 1 is 1.29 bits per heavy atom. The number of fused-ring (bicyclic) bond motifs is 2. The number of anilines is 1. The minimum absolute atomic E-state index is 0.148. The van der Waals surface area contributed by atoms with Crippen molar-refractivity contribution in [2.24, 2.45) is 7.05 Å². The third kappa shape index (κ3) is 2.55. The number of ether oxygens (including phenoxy) is 1. The van der Waals surface area contributed by atoms with E-state index in [1.807, 2.05) is 54.3 Å². The van der Waals surface area contributed by atoms with E-state index in [4.69, 9.17) is 4.74 Å². The van der Waals surface area contributed by atoms with Crippen LogP contribution < -0.4 is 10.1 Å². The van der Waals surface area contributed by atoms with Gasteiger partial charge in [0.05, 0.1) is 27.0 Å². The van der Waals surface area contributed by atoms with Crippen LogP contribution in [0.4, 0.5) is 5.13 Å². The van der Waals surface area contributed by atoms with Crippen LogP contribution in [0.1, 0.15) is 17.4 Å². The quantitative estimate of drug-likeness (QED) is 0.585. The van der Waals surface area contributed by atoms with Crippen LogP contribution in [0.25, 0.3) is 20.4 Å². The van der Waals surface area contributed by atoms with Gasteiger partial charge in [-0.25, -0.2) is 4.98 Å². The van der Waals surface area contributed by atoms with E-state index in [1.165, 1.54) is 11.3 Å². The number of nitrogens with one attached hydrogen (secondary N) is 1. The first-order valence-corrected chi connectivity index (χ1v) is 9.23. The number of carbonyl (C=O) groups is 1. The topological polar surface area (TPSA) is 56.1 Å². The lowest BCUT2D eigenvalue weighted by Crippen LogP contribution is -2.15. The number of hydrogen-bond acceptors (Lipinski definition) is 5. The maximum absolute atomic E-state index is 12.6. The van der Waals surface area contributed by atoms with E-state index in [9.17, 15) is 4.79 Å². The molecule has 3 heterocycles. The van der Waals surface area contributed by atoms with Gasteiger partial charge < -0.3 is 9.30 Å². The molecule has 0 unspecified atom stereocenters. The standard InChI is InChI=1S/C17H15N3O2S2/c1-3-22-10-4-5-11-14(8-10)24-17(18-11)19-16(21)13-9-15-12(20(13)2)6-7-23-15/h4-9H,3H2,1-2H3,(H,18,19,21). The molecular formula is C17H15N3O2S2. The molecule has 3 aromatic heterocycles. The Morgan fingerprint density at radius 2 is 2.17 bits per heavy atom. The van der Waals surface area contributed by atoms with Crippen molar-refractivity contribution >= 4 is 54.1 Å². The molecule has 0 fully saturated rings. The van der Waals surface area contributed by atoms with Gasteiger partial charge in [-0.1, -0.05) is 11.3 Å². The predicted octanol–water partition coefficient (Wildman–Crippen LogP) is 4.50. The van der Waals surface area contributed by atoms with Crippen LogP contribution in [0.5, 0.6) is 5.75 Å². The second kappa shape index (κ2) is 5.92. The Hall–Kier alpha value is -2.38. The van der Waals surface area contributed by atoms with Crippen LogP contribution >= 0.6 is 22.7 Å². The number of thiazole rings is 1. The molecule has 1 N–H and O–H groups in total. The summed E-state index contributed by atoms with van der Waals surface area (Å²) in [5.74, 6) is 0.666. The first kappa shape index (κ1) is 15.2. The molecule has 0 aliphatic heterocycles. The molecule has 4 rings (SSSR count). The van der Waals surface area contributed by atoms with Crippen LogP contribution in [-0.4, -0.2) is 22.1 Å². The maximum atomic E-state index is 12.6. The molecule has 0 aliphatic rings. The fourth-order valence-corrected chi connectivity index (χ4v) is 4.38. The van der Waals surface area contributed by atoms with Crippen LogP contribution in [-0.2, 0) is 7.05 Å². The van der Waals surface area contributed by atoms with Gasteiger partial charge in [0.15, 0.2) is 5.13 Å². The van der Waals surface area contributed by atoms with E-state index in [0.717, 1.165) is 26.2 Å². The number of rotatable bonds is 4. The summed E-state index contributed by atoms with van der Waals surface area (Å²) in [6, 6.07) is 9.68. The molecule has 1 amide bonds. The summed E-state index contributed by atoms with van der Waals surface area (Å²) in [4.78, 5) is 17.0. The summed E-state index contributed by atoms with van der Waals surface area (Å²) in [6.07, 6.45) is 0. The molecule has 0 saturated heterocycles. The highest BCUT2D eigenvalue weighted by Crippen LogP contribution is 2.30. The monoisotopic (exact) mass is 357 g/mol. The van der Waals surface area contributed by atoms with Gasteiger partial charge >= 0.3 is 0 Å². The van der Waals surface area contributed by atoms with E-state index in [2.05, 4.69) is 10.3 Å². The van der Waals surface area contributed by atoms with Gasteiger partial charge in [-0.15, -0.1) is 11.3 Å². The molecular weight excluding hydrogens is 342 g/mol. The van der Waals surface area contributed by atoms with Gasteiger partial charge in [-0.3, -0.25) is 10.1 Å². The summed E-state index contributed by atoms with van der Waals surface area (Å²) in [5.41, 5.74) is 2.55. The van der Waals surface area contributed by atoms with Crippen molar-refractivity contribution in [1.29, 1.82) is 0 Å². The molecule has 5 nitrogen and oxygen atoms in total. The van der Waals surface area contributed by atoms with Crippen LogP contribution in [0.15, 0.2) is 35.7 Å². The van der Waals surface area contributed by atoms with Crippen molar-refractivity contribution in [1.82, 2.24) is 9.55 Å². The zero-order valence-corrected chi connectivity index (χ0v) is 14.8. The molecule has 0 radical (unpaired) electrons. The fraction of sp³-hybridized carbons (Fsp3) is 0.176. The number of amides is 1. The number of thiophene rings is 1. The molecule has 122 valence electrons. The Morgan fingerprint density at radius 3 is 2.96 bits per heavy atom. The highest BCUT2D eigenvalue weighted by Gasteiger charge is 2.16. The normalized spacial score (nSPS) is 11.2. The highest BCUT2D eigenvalue weighted by molar-refractivity contribution is 7.22.